The van der Waals surface area contributed by atoms with Gasteiger partial charge in [-0.2, -0.15) is 12.6 Å². The minimum absolute atomic E-state index is 0.0120. The van der Waals surface area contributed by atoms with Crippen molar-refractivity contribution in [3.63, 3.8) is 0 Å². The monoisotopic (exact) mass is 278 g/mol. The van der Waals surface area contributed by atoms with E-state index in [1.165, 1.54) is 11.1 Å². The van der Waals surface area contributed by atoms with Gasteiger partial charge in [0.25, 0.3) is 0 Å². The van der Waals surface area contributed by atoms with Crippen molar-refractivity contribution in [3.05, 3.63) is 35.4 Å². The number of thiol groups is 1. The van der Waals surface area contributed by atoms with E-state index >= 15 is 0 Å². The molecule has 1 heterocycles. The molecule has 0 aliphatic carbocycles. The van der Waals surface area contributed by atoms with Crippen molar-refractivity contribution >= 4 is 18.5 Å². The molecule has 1 aromatic carbocycles. The molecular weight excluding hydrogens is 256 g/mol. The van der Waals surface area contributed by atoms with E-state index in [1.54, 1.807) is 0 Å². The summed E-state index contributed by atoms with van der Waals surface area (Å²) in [6.45, 7) is 6.47. The number of nitrogens with two attached hydrogens (primary N) is 1. The molecule has 19 heavy (non-hydrogen) atoms. The standard InChI is InChI=1S/C15H22N2OS/c1-10-8-11-6-4-5-7-12(11)9-17(10)14(18)13(16)15(2,3)19/h4-7,10,13,19H,8-9,16H2,1-3H3/t10-,13?/m1/s1. The van der Waals surface area contributed by atoms with Crippen LogP contribution in [0.25, 0.3) is 0 Å². The topological polar surface area (TPSA) is 46.3 Å². The zero-order valence-electron chi connectivity index (χ0n) is 11.8. The van der Waals surface area contributed by atoms with Crippen molar-refractivity contribution < 1.29 is 4.79 Å². The molecule has 0 aromatic heterocycles. The molecule has 0 saturated carbocycles. The van der Waals surface area contributed by atoms with Crippen LogP contribution in [-0.4, -0.2) is 27.6 Å². The molecule has 0 bridgehead atoms. The van der Waals surface area contributed by atoms with E-state index in [0.717, 1.165) is 6.42 Å². The minimum atomic E-state index is -0.580. The summed E-state index contributed by atoms with van der Waals surface area (Å²) in [7, 11) is 0. The van der Waals surface area contributed by atoms with Gasteiger partial charge < -0.3 is 10.6 Å². The summed E-state index contributed by atoms with van der Waals surface area (Å²) in [5.74, 6) is -0.0120. The molecule has 1 aliphatic rings. The molecule has 0 fully saturated rings. The number of carbonyl (C=O) groups excluding carboxylic acids is 1. The Morgan fingerprint density at radius 2 is 2.00 bits per heavy atom. The van der Waals surface area contributed by atoms with Crippen molar-refractivity contribution in [2.75, 3.05) is 0 Å². The Hall–Kier alpha value is -1.000. The molecule has 4 heteroatoms. The Balaban J connectivity index is 2.21. The number of nitrogens with zero attached hydrogens (tertiary/aromatic N) is 1. The van der Waals surface area contributed by atoms with Gasteiger partial charge in [-0.25, -0.2) is 0 Å². The zero-order chi connectivity index (χ0) is 14.2. The van der Waals surface area contributed by atoms with Crippen molar-refractivity contribution in [2.45, 2.75) is 50.6 Å². The Bertz CT molecular complexity index is 481. The van der Waals surface area contributed by atoms with Gasteiger partial charge >= 0.3 is 0 Å². The average Bonchev–Trinajstić information content (AvgIpc) is 2.35. The molecule has 1 unspecified atom stereocenters. The highest BCUT2D eigenvalue weighted by Crippen LogP contribution is 2.26. The lowest BCUT2D eigenvalue weighted by atomic mass is 9.93. The lowest BCUT2D eigenvalue weighted by Gasteiger charge is -2.38. The van der Waals surface area contributed by atoms with Crippen LogP contribution in [0.2, 0.25) is 0 Å². The number of rotatable bonds is 2. The quantitative estimate of drug-likeness (QED) is 0.813. The normalized spacial score (nSPS) is 20.9. The van der Waals surface area contributed by atoms with Crippen molar-refractivity contribution in [3.8, 4) is 0 Å². The van der Waals surface area contributed by atoms with Gasteiger partial charge in [0.2, 0.25) is 5.91 Å². The Labute approximate surface area is 120 Å². The Morgan fingerprint density at radius 1 is 1.42 bits per heavy atom. The van der Waals surface area contributed by atoms with Gasteiger partial charge in [-0.3, -0.25) is 4.79 Å². The second-order valence-corrected chi connectivity index (χ2v) is 7.07. The SMILES string of the molecule is C[C@@H]1Cc2ccccc2CN1C(=O)C(N)C(C)(C)S. The maximum absolute atomic E-state index is 12.5. The van der Waals surface area contributed by atoms with Crippen molar-refractivity contribution in [2.24, 2.45) is 5.73 Å². The molecule has 3 nitrogen and oxygen atoms in total. The zero-order valence-corrected chi connectivity index (χ0v) is 12.7. The predicted molar refractivity (Wildman–Crippen MR) is 81.2 cm³/mol. The largest absolute Gasteiger partial charge is 0.334 e. The lowest BCUT2D eigenvalue weighted by Crippen LogP contribution is -2.55. The molecule has 104 valence electrons. The first kappa shape index (κ1) is 14.4. The molecule has 2 rings (SSSR count). The van der Waals surface area contributed by atoms with Gasteiger partial charge in [0.15, 0.2) is 0 Å². The second-order valence-electron chi connectivity index (χ2n) is 5.92. The van der Waals surface area contributed by atoms with E-state index in [0.29, 0.717) is 6.54 Å². The highest BCUT2D eigenvalue weighted by Gasteiger charge is 2.35. The van der Waals surface area contributed by atoms with Crippen LogP contribution in [0.3, 0.4) is 0 Å². The van der Waals surface area contributed by atoms with Crippen LogP contribution < -0.4 is 5.73 Å². The van der Waals surface area contributed by atoms with E-state index in [2.05, 4.69) is 31.7 Å². The smallest absolute Gasteiger partial charge is 0.241 e. The Morgan fingerprint density at radius 3 is 2.58 bits per heavy atom. The fourth-order valence-corrected chi connectivity index (χ4v) is 2.57. The maximum Gasteiger partial charge on any atom is 0.241 e. The van der Waals surface area contributed by atoms with Gasteiger partial charge in [-0.15, -0.1) is 0 Å². The van der Waals surface area contributed by atoms with Crippen LogP contribution >= 0.6 is 12.6 Å². The summed E-state index contributed by atoms with van der Waals surface area (Å²) in [5, 5.41) is 0. The molecule has 1 amide bonds. The molecule has 2 atom stereocenters. The van der Waals surface area contributed by atoms with Gasteiger partial charge in [0, 0.05) is 17.3 Å². The number of carbonyl (C=O) groups is 1. The molecule has 0 saturated heterocycles. The molecule has 1 aromatic rings. The molecule has 1 aliphatic heterocycles. The van der Waals surface area contributed by atoms with E-state index in [1.807, 2.05) is 30.9 Å². The van der Waals surface area contributed by atoms with E-state index in [9.17, 15) is 4.79 Å². The van der Waals surface area contributed by atoms with E-state index in [4.69, 9.17) is 5.73 Å². The Kier molecular flexibility index (Phi) is 3.92. The van der Waals surface area contributed by atoms with Gasteiger partial charge in [0.1, 0.15) is 0 Å². The van der Waals surface area contributed by atoms with Crippen molar-refractivity contribution in [1.29, 1.82) is 0 Å². The maximum atomic E-state index is 12.5. The van der Waals surface area contributed by atoms with E-state index in [-0.39, 0.29) is 11.9 Å². The minimum Gasteiger partial charge on any atom is -0.334 e. The van der Waals surface area contributed by atoms with Crippen LogP contribution in [0.4, 0.5) is 0 Å². The summed E-state index contributed by atoms with van der Waals surface area (Å²) in [6, 6.07) is 7.88. The third-order valence-corrected chi connectivity index (χ3v) is 4.09. The summed E-state index contributed by atoms with van der Waals surface area (Å²) in [4.78, 5) is 14.4. The number of fused-ring (bicyclic) bond motifs is 1. The summed E-state index contributed by atoms with van der Waals surface area (Å²) in [5.41, 5.74) is 8.59. The second kappa shape index (κ2) is 5.17. The highest BCUT2D eigenvalue weighted by molar-refractivity contribution is 7.81. The first-order valence-electron chi connectivity index (χ1n) is 6.66. The average molecular weight is 278 g/mol. The molecule has 2 N–H and O–H groups in total. The van der Waals surface area contributed by atoms with Crippen LogP contribution in [0.5, 0.6) is 0 Å². The molecule has 0 spiro atoms. The highest BCUT2D eigenvalue weighted by atomic mass is 32.1. The third kappa shape index (κ3) is 2.95. The fourth-order valence-electron chi connectivity index (χ4n) is 2.45. The fraction of sp³-hybridized carbons (Fsp3) is 0.533. The van der Waals surface area contributed by atoms with Crippen LogP contribution in [-0.2, 0) is 17.8 Å². The summed E-state index contributed by atoms with van der Waals surface area (Å²) < 4.78 is -0.506. The van der Waals surface area contributed by atoms with Crippen LogP contribution in [0.15, 0.2) is 24.3 Å². The van der Waals surface area contributed by atoms with E-state index < -0.39 is 10.8 Å². The van der Waals surface area contributed by atoms with Crippen LogP contribution in [0, 0.1) is 0 Å². The lowest BCUT2D eigenvalue weighted by molar-refractivity contribution is -0.136. The molecular formula is C15H22N2OS. The number of hydrogen-bond acceptors (Lipinski definition) is 3. The predicted octanol–water partition coefficient (Wildman–Crippen LogP) is 2.00. The first-order chi connectivity index (χ1) is 8.80. The number of hydrogen-bond donors (Lipinski definition) is 2. The molecule has 0 radical (unpaired) electrons. The first-order valence-corrected chi connectivity index (χ1v) is 7.10. The summed E-state index contributed by atoms with van der Waals surface area (Å²) >= 11 is 4.42. The number of amides is 1. The van der Waals surface area contributed by atoms with Gasteiger partial charge in [-0.1, -0.05) is 24.3 Å². The number of benzene rings is 1. The van der Waals surface area contributed by atoms with Crippen molar-refractivity contribution in [1.82, 2.24) is 4.90 Å². The van der Waals surface area contributed by atoms with Gasteiger partial charge in [-0.05, 0) is 38.3 Å². The summed E-state index contributed by atoms with van der Waals surface area (Å²) in [6.07, 6.45) is 0.891. The third-order valence-electron chi connectivity index (χ3n) is 3.82. The van der Waals surface area contributed by atoms with Crippen LogP contribution in [0.1, 0.15) is 31.9 Å². The van der Waals surface area contributed by atoms with Gasteiger partial charge in [0.05, 0.1) is 6.04 Å².